The maximum absolute atomic E-state index is 12.4. The molecule has 0 spiro atoms. The maximum atomic E-state index is 12.4. The molecule has 126 valence electrons. The first kappa shape index (κ1) is 16.2. The van der Waals surface area contributed by atoms with Crippen LogP contribution in [0.5, 0.6) is 0 Å². The molecule has 7 heteroatoms. The van der Waals surface area contributed by atoms with Gasteiger partial charge in [-0.1, -0.05) is 0 Å². The second-order valence-corrected chi connectivity index (χ2v) is 5.85. The second-order valence-electron chi connectivity index (χ2n) is 5.85. The van der Waals surface area contributed by atoms with E-state index in [4.69, 9.17) is 4.74 Å². The Kier molecular flexibility index (Phi) is 4.88. The van der Waals surface area contributed by atoms with Crippen LogP contribution in [0.1, 0.15) is 12.8 Å². The Morgan fingerprint density at radius 1 is 1.25 bits per heavy atom. The topological polar surface area (TPSA) is 77.3 Å². The molecule has 1 fully saturated rings. The molecule has 3 heterocycles. The molecular weight excluding hydrogens is 308 g/mol. The molecule has 1 amide bonds. The van der Waals surface area contributed by atoms with E-state index in [0.29, 0.717) is 25.9 Å². The quantitative estimate of drug-likeness (QED) is 0.792. The van der Waals surface area contributed by atoms with Gasteiger partial charge in [-0.3, -0.25) is 14.6 Å². The third-order valence-electron chi connectivity index (χ3n) is 4.31. The van der Waals surface area contributed by atoms with Crippen LogP contribution in [0.25, 0.3) is 11.3 Å². The Bertz CT molecular complexity index is 706. The summed E-state index contributed by atoms with van der Waals surface area (Å²) in [6.07, 6.45) is 8.26. The zero-order valence-electron chi connectivity index (χ0n) is 13.6. The van der Waals surface area contributed by atoms with E-state index < -0.39 is 0 Å². The number of hydrogen-bond acceptors (Lipinski definition) is 5. The normalized spacial score (nSPS) is 15.3. The highest BCUT2D eigenvalue weighted by atomic mass is 16.5. The van der Waals surface area contributed by atoms with E-state index in [2.05, 4.69) is 9.97 Å². The predicted molar refractivity (Wildman–Crippen MR) is 86.8 cm³/mol. The number of rotatable bonds is 4. The van der Waals surface area contributed by atoms with Crippen LogP contribution in [0.15, 0.2) is 37.1 Å². The highest BCUT2D eigenvalue weighted by Crippen LogP contribution is 2.19. The summed E-state index contributed by atoms with van der Waals surface area (Å²) in [5.41, 5.74) is 1.78. The Balaban J connectivity index is 1.56. The summed E-state index contributed by atoms with van der Waals surface area (Å²) in [7, 11) is 1.40. The van der Waals surface area contributed by atoms with Crippen molar-refractivity contribution in [1.29, 1.82) is 0 Å². The summed E-state index contributed by atoms with van der Waals surface area (Å²) in [6.45, 7) is 1.43. The molecule has 0 radical (unpaired) electrons. The van der Waals surface area contributed by atoms with E-state index in [0.717, 1.165) is 11.3 Å². The van der Waals surface area contributed by atoms with Crippen LogP contribution in [0.4, 0.5) is 0 Å². The van der Waals surface area contributed by atoms with Gasteiger partial charge in [0.15, 0.2) is 0 Å². The standard InChI is InChI=1S/C17H20N4O3/c1-24-17(23)14-4-8-21(9-5-14)16(22)11-20-10-15(19-12-20)13-2-6-18-7-3-13/h2-3,6-7,10,12,14H,4-5,8-9,11H2,1H3. The van der Waals surface area contributed by atoms with E-state index in [-0.39, 0.29) is 24.3 Å². The molecule has 1 saturated heterocycles. The first-order valence-corrected chi connectivity index (χ1v) is 7.95. The highest BCUT2D eigenvalue weighted by molar-refractivity contribution is 5.77. The predicted octanol–water partition coefficient (Wildman–Crippen LogP) is 1.36. The average Bonchev–Trinajstić information content (AvgIpc) is 3.10. The van der Waals surface area contributed by atoms with Crippen LogP contribution in [0.2, 0.25) is 0 Å². The van der Waals surface area contributed by atoms with Gasteiger partial charge in [-0.05, 0) is 25.0 Å². The second kappa shape index (κ2) is 7.25. The molecule has 24 heavy (non-hydrogen) atoms. The molecule has 2 aromatic rings. The number of carbonyl (C=O) groups excluding carboxylic acids is 2. The molecular formula is C17H20N4O3. The Morgan fingerprint density at radius 3 is 2.62 bits per heavy atom. The lowest BCUT2D eigenvalue weighted by Gasteiger charge is -2.30. The first-order valence-electron chi connectivity index (χ1n) is 7.95. The SMILES string of the molecule is COC(=O)C1CCN(C(=O)Cn2cnc(-c3ccncc3)c2)CC1. The minimum absolute atomic E-state index is 0.0389. The molecule has 0 bridgehead atoms. The van der Waals surface area contributed by atoms with Gasteiger partial charge in [-0.25, -0.2) is 4.98 Å². The number of imidazole rings is 1. The van der Waals surface area contributed by atoms with Crippen LogP contribution in [0.3, 0.4) is 0 Å². The molecule has 0 unspecified atom stereocenters. The van der Waals surface area contributed by atoms with E-state index >= 15 is 0 Å². The number of ether oxygens (including phenoxy) is 1. The van der Waals surface area contributed by atoms with Gasteiger partial charge in [-0.15, -0.1) is 0 Å². The Labute approximate surface area is 140 Å². The Morgan fingerprint density at radius 2 is 1.96 bits per heavy atom. The third-order valence-corrected chi connectivity index (χ3v) is 4.31. The Hall–Kier alpha value is -2.70. The van der Waals surface area contributed by atoms with Crippen molar-refractivity contribution in [3.05, 3.63) is 37.1 Å². The largest absolute Gasteiger partial charge is 0.469 e. The fourth-order valence-corrected chi connectivity index (χ4v) is 2.91. The summed E-state index contributed by atoms with van der Waals surface area (Å²) in [5, 5.41) is 0. The van der Waals surface area contributed by atoms with Gasteiger partial charge in [0.1, 0.15) is 6.54 Å². The van der Waals surface area contributed by atoms with Crippen molar-refractivity contribution in [3.63, 3.8) is 0 Å². The number of carbonyl (C=O) groups is 2. The fourth-order valence-electron chi connectivity index (χ4n) is 2.91. The van der Waals surface area contributed by atoms with Gasteiger partial charge in [-0.2, -0.15) is 0 Å². The number of hydrogen-bond donors (Lipinski definition) is 0. The average molecular weight is 328 g/mol. The lowest BCUT2D eigenvalue weighted by atomic mass is 9.97. The van der Waals surface area contributed by atoms with Gasteiger partial charge in [0, 0.05) is 37.2 Å². The number of pyridine rings is 1. The van der Waals surface area contributed by atoms with Gasteiger partial charge in [0.2, 0.25) is 5.91 Å². The van der Waals surface area contributed by atoms with Gasteiger partial charge < -0.3 is 14.2 Å². The molecule has 2 aromatic heterocycles. The van der Waals surface area contributed by atoms with Gasteiger partial charge in [0.25, 0.3) is 0 Å². The lowest BCUT2D eigenvalue weighted by Crippen LogP contribution is -2.41. The van der Waals surface area contributed by atoms with E-state index in [1.54, 1.807) is 28.2 Å². The number of methoxy groups -OCH3 is 1. The molecule has 1 aliphatic rings. The van der Waals surface area contributed by atoms with Crippen molar-refractivity contribution in [2.75, 3.05) is 20.2 Å². The zero-order valence-corrected chi connectivity index (χ0v) is 13.6. The molecule has 0 aliphatic carbocycles. The number of piperidine rings is 1. The molecule has 0 aromatic carbocycles. The highest BCUT2D eigenvalue weighted by Gasteiger charge is 2.27. The molecule has 1 aliphatic heterocycles. The van der Waals surface area contributed by atoms with Crippen molar-refractivity contribution >= 4 is 11.9 Å². The van der Waals surface area contributed by atoms with Gasteiger partial charge in [0.05, 0.1) is 25.0 Å². The summed E-state index contributed by atoms with van der Waals surface area (Å²) >= 11 is 0. The van der Waals surface area contributed by atoms with Gasteiger partial charge >= 0.3 is 5.97 Å². The molecule has 0 N–H and O–H groups in total. The van der Waals surface area contributed by atoms with Crippen molar-refractivity contribution in [3.8, 4) is 11.3 Å². The number of nitrogens with zero attached hydrogens (tertiary/aromatic N) is 4. The van der Waals surface area contributed by atoms with Crippen LogP contribution in [-0.2, 0) is 20.9 Å². The van der Waals surface area contributed by atoms with E-state index in [1.807, 2.05) is 18.3 Å². The summed E-state index contributed by atoms with van der Waals surface area (Å²) in [4.78, 5) is 34.1. The number of esters is 1. The van der Waals surface area contributed by atoms with E-state index in [1.165, 1.54) is 7.11 Å². The number of amides is 1. The minimum atomic E-state index is -0.182. The molecule has 0 atom stereocenters. The first-order chi connectivity index (χ1) is 11.7. The summed E-state index contributed by atoms with van der Waals surface area (Å²) in [6, 6.07) is 3.76. The summed E-state index contributed by atoms with van der Waals surface area (Å²) < 4.78 is 6.55. The molecule has 3 rings (SSSR count). The number of likely N-dealkylation sites (tertiary alicyclic amines) is 1. The smallest absolute Gasteiger partial charge is 0.308 e. The van der Waals surface area contributed by atoms with Crippen molar-refractivity contribution in [2.45, 2.75) is 19.4 Å². The minimum Gasteiger partial charge on any atom is -0.469 e. The maximum Gasteiger partial charge on any atom is 0.308 e. The lowest BCUT2D eigenvalue weighted by molar-refractivity contribution is -0.149. The third kappa shape index (κ3) is 3.61. The van der Waals surface area contributed by atoms with Crippen LogP contribution < -0.4 is 0 Å². The summed E-state index contributed by atoms with van der Waals surface area (Å²) in [5.74, 6) is -0.235. The van der Waals surface area contributed by atoms with Crippen molar-refractivity contribution in [2.24, 2.45) is 5.92 Å². The monoisotopic (exact) mass is 328 g/mol. The number of aromatic nitrogens is 3. The van der Waals surface area contributed by atoms with Crippen molar-refractivity contribution in [1.82, 2.24) is 19.4 Å². The van der Waals surface area contributed by atoms with Crippen LogP contribution in [-0.4, -0.2) is 51.5 Å². The molecule has 0 saturated carbocycles. The van der Waals surface area contributed by atoms with E-state index in [9.17, 15) is 9.59 Å². The zero-order chi connectivity index (χ0) is 16.9. The molecule has 7 nitrogen and oxygen atoms in total. The van der Waals surface area contributed by atoms with Crippen LogP contribution in [0, 0.1) is 5.92 Å². The van der Waals surface area contributed by atoms with Crippen molar-refractivity contribution < 1.29 is 14.3 Å². The van der Waals surface area contributed by atoms with Crippen LogP contribution >= 0.6 is 0 Å². The fraction of sp³-hybridized carbons (Fsp3) is 0.412.